The second kappa shape index (κ2) is 4.99. The van der Waals surface area contributed by atoms with Gasteiger partial charge >= 0.3 is 0 Å². The van der Waals surface area contributed by atoms with Crippen molar-refractivity contribution in [3.63, 3.8) is 0 Å². The van der Waals surface area contributed by atoms with Gasteiger partial charge in [0.15, 0.2) is 0 Å². The highest BCUT2D eigenvalue weighted by molar-refractivity contribution is 4.89. The van der Waals surface area contributed by atoms with E-state index in [1.54, 1.807) is 0 Å². The Morgan fingerprint density at radius 2 is 1.73 bits per heavy atom. The fraction of sp³-hybridized carbons (Fsp3) is 0.923. The third kappa shape index (κ3) is 4.22. The van der Waals surface area contributed by atoms with Crippen molar-refractivity contribution in [1.82, 2.24) is 4.90 Å². The standard InChI is InChI=1S/C13H24N2/c1-13(2,3)10-15(4)12-7-5-11(9-14)6-8-12/h11-12H,5-8,10H2,1-4H3. The number of nitrogens with zero attached hydrogens (tertiary/aromatic N) is 2. The number of nitriles is 1. The minimum Gasteiger partial charge on any atom is -0.303 e. The van der Waals surface area contributed by atoms with Crippen LogP contribution in [0.25, 0.3) is 0 Å². The van der Waals surface area contributed by atoms with Gasteiger partial charge in [-0.25, -0.2) is 0 Å². The van der Waals surface area contributed by atoms with Crippen molar-refractivity contribution in [1.29, 1.82) is 5.26 Å². The lowest BCUT2D eigenvalue weighted by Crippen LogP contribution is -2.39. The molecule has 2 nitrogen and oxygen atoms in total. The summed E-state index contributed by atoms with van der Waals surface area (Å²) in [7, 11) is 2.22. The van der Waals surface area contributed by atoms with E-state index >= 15 is 0 Å². The summed E-state index contributed by atoms with van der Waals surface area (Å²) in [5, 5.41) is 8.84. The topological polar surface area (TPSA) is 27.0 Å². The molecule has 1 rings (SSSR count). The van der Waals surface area contributed by atoms with Gasteiger partial charge in [-0.15, -0.1) is 0 Å². The number of hydrogen-bond acceptors (Lipinski definition) is 2. The van der Waals surface area contributed by atoms with Gasteiger partial charge in [0.05, 0.1) is 6.07 Å². The fourth-order valence-electron chi connectivity index (χ4n) is 2.52. The predicted octanol–water partition coefficient (Wildman–Crippen LogP) is 3.05. The van der Waals surface area contributed by atoms with Crippen LogP contribution < -0.4 is 0 Å². The molecule has 15 heavy (non-hydrogen) atoms. The van der Waals surface area contributed by atoms with E-state index in [9.17, 15) is 0 Å². The molecule has 0 amide bonds. The molecule has 0 aliphatic heterocycles. The maximum Gasteiger partial charge on any atom is 0.0655 e. The summed E-state index contributed by atoms with van der Waals surface area (Å²) < 4.78 is 0. The summed E-state index contributed by atoms with van der Waals surface area (Å²) in [4.78, 5) is 2.48. The Kier molecular flexibility index (Phi) is 4.16. The molecule has 0 atom stereocenters. The van der Waals surface area contributed by atoms with Gasteiger partial charge in [0.25, 0.3) is 0 Å². The molecule has 0 aromatic heterocycles. The molecule has 2 heteroatoms. The van der Waals surface area contributed by atoms with Crippen molar-refractivity contribution in [3.05, 3.63) is 0 Å². The third-order valence-corrected chi connectivity index (χ3v) is 3.23. The van der Waals surface area contributed by atoms with Crippen LogP contribution in [-0.4, -0.2) is 24.5 Å². The summed E-state index contributed by atoms with van der Waals surface area (Å²) in [5.74, 6) is 0.323. The molecule has 0 saturated heterocycles. The van der Waals surface area contributed by atoms with Gasteiger partial charge in [-0.2, -0.15) is 5.26 Å². The molecule has 0 unspecified atom stereocenters. The largest absolute Gasteiger partial charge is 0.303 e. The zero-order valence-corrected chi connectivity index (χ0v) is 10.6. The molecule has 1 aliphatic carbocycles. The van der Waals surface area contributed by atoms with Crippen molar-refractivity contribution in [3.8, 4) is 6.07 Å². The van der Waals surface area contributed by atoms with E-state index in [-0.39, 0.29) is 0 Å². The van der Waals surface area contributed by atoms with Crippen molar-refractivity contribution >= 4 is 0 Å². The molecular formula is C13H24N2. The summed E-state index contributed by atoms with van der Waals surface area (Å²) in [6.45, 7) is 7.99. The monoisotopic (exact) mass is 208 g/mol. The van der Waals surface area contributed by atoms with Crippen LogP contribution in [0.4, 0.5) is 0 Å². The first-order valence-electron chi connectivity index (χ1n) is 6.02. The van der Waals surface area contributed by atoms with Crippen molar-refractivity contribution < 1.29 is 0 Å². The molecule has 1 fully saturated rings. The summed E-state index contributed by atoms with van der Waals surface area (Å²) in [5.41, 5.74) is 0.376. The van der Waals surface area contributed by atoms with Gasteiger partial charge in [-0.1, -0.05) is 20.8 Å². The van der Waals surface area contributed by atoms with E-state index in [1.807, 2.05) is 0 Å². The zero-order valence-electron chi connectivity index (χ0n) is 10.6. The molecule has 0 N–H and O–H groups in total. The number of hydrogen-bond donors (Lipinski definition) is 0. The third-order valence-electron chi connectivity index (χ3n) is 3.23. The Hall–Kier alpha value is -0.550. The lowest BCUT2D eigenvalue weighted by molar-refractivity contribution is 0.133. The van der Waals surface area contributed by atoms with Gasteiger partial charge in [-0.05, 0) is 38.1 Å². The van der Waals surface area contributed by atoms with Crippen LogP contribution in [-0.2, 0) is 0 Å². The zero-order chi connectivity index (χ0) is 11.5. The quantitative estimate of drug-likeness (QED) is 0.697. The van der Waals surface area contributed by atoms with E-state index in [1.165, 1.54) is 12.8 Å². The molecule has 86 valence electrons. The van der Waals surface area contributed by atoms with Gasteiger partial charge in [-0.3, -0.25) is 0 Å². The molecule has 0 aromatic rings. The van der Waals surface area contributed by atoms with Crippen LogP contribution in [0.2, 0.25) is 0 Å². The van der Waals surface area contributed by atoms with Gasteiger partial charge in [0.2, 0.25) is 0 Å². The summed E-state index contributed by atoms with van der Waals surface area (Å²) in [6.07, 6.45) is 4.58. The first kappa shape index (κ1) is 12.5. The SMILES string of the molecule is CN(CC(C)(C)C)C1CCC(C#N)CC1. The van der Waals surface area contributed by atoms with Gasteiger partial charge in [0, 0.05) is 18.5 Å². The van der Waals surface area contributed by atoms with Crippen molar-refractivity contribution in [2.24, 2.45) is 11.3 Å². The molecule has 0 radical (unpaired) electrons. The highest BCUT2D eigenvalue weighted by Gasteiger charge is 2.25. The highest BCUT2D eigenvalue weighted by Crippen LogP contribution is 2.28. The Balaban J connectivity index is 2.37. The lowest BCUT2D eigenvalue weighted by atomic mass is 9.85. The molecule has 0 heterocycles. The molecule has 0 spiro atoms. The Labute approximate surface area is 94.3 Å². The first-order chi connectivity index (χ1) is 6.92. The van der Waals surface area contributed by atoms with E-state index < -0.39 is 0 Å². The van der Waals surface area contributed by atoms with E-state index in [4.69, 9.17) is 5.26 Å². The van der Waals surface area contributed by atoms with Crippen molar-refractivity contribution in [2.75, 3.05) is 13.6 Å². The minimum atomic E-state index is 0.323. The summed E-state index contributed by atoms with van der Waals surface area (Å²) >= 11 is 0. The van der Waals surface area contributed by atoms with Gasteiger partial charge in [0.1, 0.15) is 0 Å². The lowest BCUT2D eigenvalue weighted by Gasteiger charge is -2.36. The summed E-state index contributed by atoms with van der Waals surface area (Å²) in [6, 6.07) is 3.10. The van der Waals surface area contributed by atoms with Crippen LogP contribution in [0.15, 0.2) is 0 Å². The van der Waals surface area contributed by atoms with Crippen LogP contribution in [0.5, 0.6) is 0 Å². The highest BCUT2D eigenvalue weighted by atomic mass is 15.1. The van der Waals surface area contributed by atoms with Crippen LogP contribution >= 0.6 is 0 Å². The molecule has 0 bridgehead atoms. The predicted molar refractivity (Wildman–Crippen MR) is 63.4 cm³/mol. The average Bonchev–Trinajstić information content (AvgIpc) is 2.15. The minimum absolute atomic E-state index is 0.323. The molecular weight excluding hydrogens is 184 g/mol. The van der Waals surface area contributed by atoms with Crippen LogP contribution in [0.1, 0.15) is 46.5 Å². The molecule has 0 aromatic carbocycles. The molecule has 1 aliphatic rings. The van der Waals surface area contributed by atoms with Crippen LogP contribution in [0.3, 0.4) is 0 Å². The van der Waals surface area contributed by atoms with Crippen LogP contribution in [0, 0.1) is 22.7 Å². The smallest absolute Gasteiger partial charge is 0.0655 e. The Morgan fingerprint density at radius 3 is 2.13 bits per heavy atom. The van der Waals surface area contributed by atoms with Crippen molar-refractivity contribution in [2.45, 2.75) is 52.5 Å². The van der Waals surface area contributed by atoms with E-state index in [2.05, 4.69) is 38.8 Å². The number of rotatable bonds is 2. The fourth-order valence-corrected chi connectivity index (χ4v) is 2.52. The van der Waals surface area contributed by atoms with E-state index in [0.717, 1.165) is 19.4 Å². The van der Waals surface area contributed by atoms with E-state index in [0.29, 0.717) is 17.4 Å². The Morgan fingerprint density at radius 1 is 1.20 bits per heavy atom. The van der Waals surface area contributed by atoms with Gasteiger partial charge < -0.3 is 4.90 Å². The average molecular weight is 208 g/mol. The maximum atomic E-state index is 8.84. The Bertz CT molecular complexity index is 226. The normalized spacial score (nSPS) is 27.7. The maximum absolute atomic E-state index is 8.84. The first-order valence-corrected chi connectivity index (χ1v) is 6.02. The second-order valence-corrected chi connectivity index (χ2v) is 6.11. The molecule has 1 saturated carbocycles. The second-order valence-electron chi connectivity index (χ2n) is 6.11.